The number of hydrogen-bond acceptors (Lipinski definition) is 5. The Morgan fingerprint density at radius 2 is 0.971 bits per heavy atom. The first-order valence-corrected chi connectivity index (χ1v) is 28.5. The van der Waals surface area contributed by atoms with Gasteiger partial charge in [-0.1, -0.05) is 153 Å². The minimum Gasteiger partial charge on any atom is -0.311 e. The summed E-state index contributed by atoms with van der Waals surface area (Å²) in [6.07, 6.45) is 0. The molecule has 0 fully saturated rings. The molecule has 0 aliphatic carbocycles. The van der Waals surface area contributed by atoms with Crippen LogP contribution in [0.4, 0.5) is 51.2 Å². The summed E-state index contributed by atoms with van der Waals surface area (Å²) in [5, 5.41) is 8.19. The quantitative estimate of drug-likeness (QED) is 0.159. The molecule has 69 heavy (non-hydrogen) atoms. The number of nitrogens with zero attached hydrogens (tertiary/aromatic N) is 3. The minimum absolute atomic E-state index is 0.0469. The van der Waals surface area contributed by atoms with E-state index < -0.39 is 8.07 Å². The predicted molar refractivity (Wildman–Crippen MR) is 303 cm³/mol. The fraction of sp³-hybridized carbons (Fsp3) is 0.0323. The van der Waals surface area contributed by atoms with Gasteiger partial charge in [-0.25, -0.2) is 0 Å². The molecule has 0 N–H and O–H groups in total. The van der Waals surface area contributed by atoms with Crippen molar-refractivity contribution >= 4 is 156 Å². The van der Waals surface area contributed by atoms with E-state index in [2.05, 4.69) is 246 Å². The van der Waals surface area contributed by atoms with Gasteiger partial charge in [0.2, 0.25) is 0 Å². The molecule has 0 amide bonds. The minimum atomic E-state index is -2.08. The zero-order chi connectivity index (χ0) is 45.5. The Labute approximate surface area is 410 Å². The standard InChI is InChI=1S/C62H42BN3S2Si/c1-69(2)55-32-17-14-27-45(55)59-56(69)36-34-47-62(59)66(41-23-10-5-11-24-41)50-38-42(64(39-19-6-3-7-20-39)48-28-18-31-53-57(48)43-25-12-15-29-51(43)67-53)37-49-60(50)63(47)46-33-35-54-58(44-26-13-16-30-52(44)68-54)61(46)65(49)40-21-8-4-9-22-40/h3-38H,1-2H3. The first-order chi connectivity index (χ1) is 34.0. The van der Waals surface area contributed by atoms with Crippen LogP contribution in [0, 0.1) is 0 Å². The highest BCUT2D eigenvalue weighted by molar-refractivity contribution is 7.26. The topological polar surface area (TPSA) is 9.72 Å². The molecular weight excluding hydrogens is 890 g/mol. The molecule has 0 spiro atoms. The molecular formula is C62H42BN3S2Si. The van der Waals surface area contributed by atoms with Crippen LogP contribution in [0.1, 0.15) is 0 Å². The highest BCUT2D eigenvalue weighted by Gasteiger charge is 2.48. The molecule has 0 saturated heterocycles. The van der Waals surface area contributed by atoms with Crippen LogP contribution < -0.4 is 41.5 Å². The van der Waals surface area contributed by atoms with Gasteiger partial charge in [0, 0.05) is 80.0 Å². The van der Waals surface area contributed by atoms with Crippen molar-refractivity contribution < 1.29 is 0 Å². The Hall–Kier alpha value is -7.68. The van der Waals surface area contributed by atoms with Gasteiger partial charge in [-0.15, -0.1) is 22.7 Å². The van der Waals surface area contributed by atoms with E-state index in [0.29, 0.717) is 0 Å². The largest absolute Gasteiger partial charge is 0.311 e. The van der Waals surface area contributed by atoms with E-state index in [1.807, 2.05) is 22.7 Å². The Kier molecular flexibility index (Phi) is 8.36. The summed E-state index contributed by atoms with van der Waals surface area (Å²) >= 11 is 3.77. The molecule has 10 aromatic carbocycles. The van der Waals surface area contributed by atoms with Crippen LogP contribution in [0.15, 0.2) is 218 Å². The molecule has 5 heterocycles. The van der Waals surface area contributed by atoms with Crippen LogP contribution >= 0.6 is 22.7 Å². The van der Waals surface area contributed by atoms with Gasteiger partial charge in [0.05, 0.1) is 17.1 Å². The van der Waals surface area contributed by atoms with E-state index in [9.17, 15) is 0 Å². The molecule has 0 bridgehead atoms. The first-order valence-electron chi connectivity index (χ1n) is 23.9. The van der Waals surface area contributed by atoms with Crippen molar-refractivity contribution in [2.45, 2.75) is 13.1 Å². The van der Waals surface area contributed by atoms with Gasteiger partial charge in [0.15, 0.2) is 0 Å². The van der Waals surface area contributed by atoms with Crippen molar-refractivity contribution in [1.82, 2.24) is 0 Å². The highest BCUT2D eigenvalue weighted by atomic mass is 32.1. The molecule has 0 unspecified atom stereocenters. The fourth-order valence-electron chi connectivity index (χ4n) is 12.3. The van der Waals surface area contributed by atoms with Crippen molar-refractivity contribution in [2.24, 2.45) is 0 Å². The number of hydrogen-bond donors (Lipinski definition) is 0. The lowest BCUT2D eigenvalue weighted by Crippen LogP contribution is -2.62. The van der Waals surface area contributed by atoms with Crippen LogP contribution in [0.5, 0.6) is 0 Å². The van der Waals surface area contributed by atoms with Crippen molar-refractivity contribution in [3.8, 4) is 11.1 Å². The van der Waals surface area contributed by atoms with Gasteiger partial charge >= 0.3 is 0 Å². The molecule has 3 nitrogen and oxygen atoms in total. The second kappa shape index (κ2) is 14.7. The average molecular weight is 932 g/mol. The van der Waals surface area contributed by atoms with E-state index in [-0.39, 0.29) is 6.71 Å². The second-order valence-corrected chi connectivity index (χ2v) is 25.7. The number of anilines is 9. The van der Waals surface area contributed by atoms with Crippen LogP contribution in [0.25, 0.3) is 51.5 Å². The summed E-state index contributed by atoms with van der Waals surface area (Å²) < 4.78 is 5.18. The number of para-hydroxylation sites is 3. The summed E-state index contributed by atoms with van der Waals surface area (Å²) in [5.74, 6) is 0. The normalized spacial score (nSPS) is 14.0. The Balaban J connectivity index is 1.14. The summed E-state index contributed by atoms with van der Waals surface area (Å²) in [5.41, 5.74) is 17.4. The summed E-state index contributed by atoms with van der Waals surface area (Å²) in [4.78, 5) is 7.80. The van der Waals surface area contributed by atoms with Gasteiger partial charge in [-0.3, -0.25) is 0 Å². The van der Waals surface area contributed by atoms with Gasteiger partial charge in [0.1, 0.15) is 8.07 Å². The zero-order valence-corrected chi connectivity index (χ0v) is 40.7. The van der Waals surface area contributed by atoms with Gasteiger partial charge in [-0.05, 0) is 111 Å². The van der Waals surface area contributed by atoms with Crippen LogP contribution in [-0.4, -0.2) is 14.8 Å². The molecule has 3 aliphatic heterocycles. The molecule has 7 heteroatoms. The third kappa shape index (κ3) is 5.49. The predicted octanol–water partition coefficient (Wildman–Crippen LogP) is 14.8. The number of fused-ring (bicyclic) bond motifs is 15. The van der Waals surface area contributed by atoms with Crippen molar-refractivity contribution in [3.05, 3.63) is 218 Å². The summed E-state index contributed by atoms with van der Waals surface area (Å²) in [6.45, 7) is 5.04. The maximum absolute atomic E-state index is 2.65. The van der Waals surface area contributed by atoms with Crippen LogP contribution in [0.2, 0.25) is 13.1 Å². The highest BCUT2D eigenvalue weighted by Crippen LogP contribution is 2.53. The molecule has 0 saturated carbocycles. The van der Waals surface area contributed by atoms with Crippen molar-refractivity contribution in [2.75, 3.05) is 14.7 Å². The Bertz CT molecular complexity index is 4090. The smallest absolute Gasteiger partial charge is 0.252 e. The molecule has 0 atom stereocenters. The SMILES string of the molecule is C[Si]1(C)c2ccccc2-c2c1ccc1c2N(c2ccccc2)c2cc(N(c3ccccc3)c3cccc4sc5ccccc5c34)cc3c2B1c1ccc2sc4ccccc4c2c1N3c1ccccc1. The lowest BCUT2D eigenvalue weighted by Gasteiger charge is -2.46. The van der Waals surface area contributed by atoms with Crippen molar-refractivity contribution in [3.63, 3.8) is 0 Å². The molecule has 15 rings (SSSR count). The van der Waals surface area contributed by atoms with Gasteiger partial charge < -0.3 is 14.7 Å². The van der Waals surface area contributed by atoms with Gasteiger partial charge in [-0.2, -0.15) is 0 Å². The maximum Gasteiger partial charge on any atom is 0.252 e. The molecule has 2 aromatic heterocycles. The third-order valence-corrected chi connectivity index (χ3v) is 21.0. The fourth-order valence-corrected chi connectivity index (χ4v) is 17.6. The lowest BCUT2D eigenvalue weighted by atomic mass is 9.33. The van der Waals surface area contributed by atoms with Crippen molar-refractivity contribution in [1.29, 1.82) is 0 Å². The number of benzene rings is 10. The molecule has 3 aliphatic rings. The third-order valence-electron chi connectivity index (χ3n) is 15.2. The van der Waals surface area contributed by atoms with E-state index in [1.54, 1.807) is 0 Å². The number of thiophene rings is 2. The summed E-state index contributed by atoms with van der Waals surface area (Å²) in [7, 11) is -2.08. The monoisotopic (exact) mass is 931 g/mol. The molecule has 324 valence electrons. The Morgan fingerprint density at radius 3 is 1.67 bits per heavy atom. The van der Waals surface area contributed by atoms with Gasteiger partial charge in [0.25, 0.3) is 6.71 Å². The lowest BCUT2D eigenvalue weighted by molar-refractivity contribution is 1.24. The van der Waals surface area contributed by atoms with Crippen LogP contribution in [-0.2, 0) is 0 Å². The average Bonchev–Trinajstić information content (AvgIpc) is 4.05. The maximum atomic E-state index is 2.65. The van der Waals surface area contributed by atoms with E-state index in [4.69, 9.17) is 0 Å². The second-order valence-electron chi connectivity index (χ2n) is 19.2. The van der Waals surface area contributed by atoms with Crippen LogP contribution in [0.3, 0.4) is 0 Å². The van der Waals surface area contributed by atoms with E-state index >= 15 is 0 Å². The van der Waals surface area contributed by atoms with E-state index in [1.165, 1.54) is 107 Å². The van der Waals surface area contributed by atoms with E-state index in [0.717, 1.165) is 22.7 Å². The Morgan fingerprint density at radius 1 is 0.435 bits per heavy atom. The molecule has 12 aromatic rings. The first kappa shape index (κ1) is 39.3. The summed E-state index contributed by atoms with van der Waals surface area (Å²) in [6, 6.07) is 82.4. The number of rotatable bonds is 5. The zero-order valence-electron chi connectivity index (χ0n) is 38.0. The molecule has 0 radical (unpaired) electrons.